The van der Waals surface area contributed by atoms with Crippen molar-refractivity contribution in [3.05, 3.63) is 24.2 Å². The van der Waals surface area contributed by atoms with Crippen molar-refractivity contribution in [2.75, 3.05) is 32.8 Å². The van der Waals surface area contributed by atoms with Crippen LogP contribution >= 0.6 is 0 Å². The summed E-state index contributed by atoms with van der Waals surface area (Å²) in [7, 11) is 0. The predicted octanol–water partition coefficient (Wildman–Crippen LogP) is 0.350. The van der Waals surface area contributed by atoms with Gasteiger partial charge in [-0.3, -0.25) is 9.59 Å². The van der Waals surface area contributed by atoms with Crippen molar-refractivity contribution >= 4 is 11.8 Å². The molecule has 1 saturated carbocycles. The van der Waals surface area contributed by atoms with Crippen molar-refractivity contribution in [1.82, 2.24) is 9.80 Å². The van der Waals surface area contributed by atoms with Gasteiger partial charge in [0, 0.05) is 38.0 Å². The van der Waals surface area contributed by atoms with Gasteiger partial charge in [-0.2, -0.15) is 0 Å². The third-order valence-corrected chi connectivity index (χ3v) is 5.32. The topological polar surface area (TPSA) is 83.2 Å². The van der Waals surface area contributed by atoms with Crippen LogP contribution in [0.5, 0.6) is 0 Å². The van der Waals surface area contributed by atoms with E-state index in [1.807, 2.05) is 4.90 Å². The zero-order valence-corrected chi connectivity index (χ0v) is 13.5. The fraction of sp³-hybridized carbons (Fsp3) is 0.647. The zero-order valence-electron chi connectivity index (χ0n) is 13.5. The van der Waals surface area contributed by atoms with Crippen molar-refractivity contribution in [1.29, 1.82) is 0 Å². The van der Waals surface area contributed by atoms with Crippen LogP contribution in [0.1, 0.15) is 23.4 Å². The van der Waals surface area contributed by atoms with Crippen LogP contribution in [-0.2, 0) is 9.53 Å². The maximum atomic E-state index is 12.5. The number of carbonyl (C=O) groups excluding carboxylic acids is 2. The van der Waals surface area contributed by atoms with E-state index in [1.54, 1.807) is 17.0 Å². The molecule has 1 aromatic rings. The minimum atomic E-state index is -0.329. The number of hydrogen-bond acceptors (Lipinski definition) is 5. The largest absolute Gasteiger partial charge is 0.459 e. The quantitative estimate of drug-likeness (QED) is 0.844. The van der Waals surface area contributed by atoms with Gasteiger partial charge in [-0.1, -0.05) is 0 Å². The Morgan fingerprint density at radius 3 is 2.67 bits per heavy atom. The molecule has 7 nitrogen and oxygen atoms in total. The molecule has 1 N–H and O–H groups in total. The van der Waals surface area contributed by atoms with Crippen molar-refractivity contribution < 1.29 is 23.8 Å². The molecule has 0 bridgehead atoms. The van der Waals surface area contributed by atoms with E-state index in [-0.39, 0.29) is 35.9 Å². The van der Waals surface area contributed by atoms with Gasteiger partial charge in [-0.05, 0) is 25.0 Å². The molecule has 2 amide bonds. The monoisotopic (exact) mass is 334 g/mol. The van der Waals surface area contributed by atoms with Gasteiger partial charge in [-0.15, -0.1) is 0 Å². The first-order valence-corrected chi connectivity index (χ1v) is 8.53. The Bertz CT molecular complexity index is 611. The van der Waals surface area contributed by atoms with E-state index in [0.717, 1.165) is 0 Å². The molecule has 3 fully saturated rings. The number of hydrogen-bond donors (Lipinski definition) is 1. The lowest BCUT2D eigenvalue weighted by molar-refractivity contribution is -0.141. The van der Waals surface area contributed by atoms with Gasteiger partial charge in [0.05, 0.1) is 25.1 Å². The lowest BCUT2D eigenvalue weighted by Crippen LogP contribution is -2.43. The minimum Gasteiger partial charge on any atom is -0.459 e. The first-order chi connectivity index (χ1) is 11.6. The Morgan fingerprint density at radius 2 is 1.96 bits per heavy atom. The molecule has 1 aliphatic carbocycles. The second-order valence-corrected chi connectivity index (χ2v) is 6.96. The van der Waals surface area contributed by atoms with E-state index in [0.29, 0.717) is 51.4 Å². The van der Waals surface area contributed by atoms with Crippen LogP contribution in [0.25, 0.3) is 0 Å². The van der Waals surface area contributed by atoms with E-state index in [9.17, 15) is 14.7 Å². The van der Waals surface area contributed by atoms with Crippen LogP contribution in [0, 0.1) is 11.8 Å². The highest BCUT2D eigenvalue weighted by molar-refractivity contribution is 5.91. The summed E-state index contributed by atoms with van der Waals surface area (Å²) in [6.07, 6.45) is 2.27. The zero-order chi connectivity index (χ0) is 16.7. The highest BCUT2D eigenvalue weighted by atomic mass is 16.5. The molecular formula is C17H22N2O5. The normalized spacial score (nSPS) is 32.9. The SMILES string of the molecule is O=C(c1ccco1)N1CCO[C@@H]2CN(C(=O)C3CC(O)C3)C[C@@H]2C1. The second kappa shape index (κ2) is 6.22. The predicted molar refractivity (Wildman–Crippen MR) is 83.2 cm³/mol. The van der Waals surface area contributed by atoms with Gasteiger partial charge < -0.3 is 24.1 Å². The van der Waals surface area contributed by atoms with Gasteiger partial charge >= 0.3 is 0 Å². The van der Waals surface area contributed by atoms with E-state index in [1.165, 1.54) is 6.26 Å². The Kier molecular flexibility index (Phi) is 4.05. The fourth-order valence-electron chi connectivity index (χ4n) is 3.86. The van der Waals surface area contributed by atoms with Crippen LogP contribution in [0.4, 0.5) is 0 Å². The summed E-state index contributed by atoms with van der Waals surface area (Å²) in [4.78, 5) is 28.5. The summed E-state index contributed by atoms with van der Waals surface area (Å²) in [6.45, 7) is 2.77. The number of nitrogens with zero attached hydrogens (tertiary/aromatic N) is 2. The molecule has 24 heavy (non-hydrogen) atoms. The van der Waals surface area contributed by atoms with E-state index >= 15 is 0 Å². The Balaban J connectivity index is 1.40. The second-order valence-electron chi connectivity index (χ2n) is 6.96. The molecule has 7 heteroatoms. The molecule has 0 unspecified atom stereocenters. The first kappa shape index (κ1) is 15.7. The molecule has 2 aliphatic heterocycles. The molecule has 3 aliphatic rings. The summed E-state index contributed by atoms with van der Waals surface area (Å²) in [5.41, 5.74) is 0. The van der Waals surface area contributed by atoms with E-state index < -0.39 is 0 Å². The Hall–Kier alpha value is -1.86. The molecule has 3 heterocycles. The van der Waals surface area contributed by atoms with Crippen molar-refractivity contribution in [2.24, 2.45) is 11.8 Å². The van der Waals surface area contributed by atoms with Crippen LogP contribution in [0.2, 0.25) is 0 Å². The lowest BCUT2D eigenvalue weighted by atomic mass is 9.81. The highest BCUT2D eigenvalue weighted by Crippen LogP contribution is 2.32. The van der Waals surface area contributed by atoms with Crippen LogP contribution < -0.4 is 0 Å². The number of aliphatic hydroxyl groups is 1. The molecule has 4 rings (SSSR count). The molecule has 2 atom stereocenters. The third-order valence-electron chi connectivity index (χ3n) is 5.32. The summed E-state index contributed by atoms with van der Waals surface area (Å²) >= 11 is 0. The number of aliphatic hydroxyl groups excluding tert-OH is 1. The number of likely N-dealkylation sites (tertiary alicyclic amines) is 1. The van der Waals surface area contributed by atoms with Crippen LogP contribution in [-0.4, -0.2) is 71.7 Å². The molecule has 0 spiro atoms. The summed E-state index contributed by atoms with van der Waals surface area (Å²) in [6, 6.07) is 3.37. The first-order valence-electron chi connectivity index (χ1n) is 8.53. The molecule has 0 radical (unpaired) electrons. The van der Waals surface area contributed by atoms with E-state index in [2.05, 4.69) is 0 Å². The number of carbonyl (C=O) groups is 2. The summed E-state index contributed by atoms with van der Waals surface area (Å²) in [5, 5.41) is 9.39. The van der Waals surface area contributed by atoms with Crippen LogP contribution in [0.3, 0.4) is 0 Å². The highest BCUT2D eigenvalue weighted by Gasteiger charge is 2.43. The fourth-order valence-corrected chi connectivity index (χ4v) is 3.86. The number of ether oxygens (including phenoxy) is 1. The Morgan fingerprint density at radius 1 is 1.17 bits per heavy atom. The number of amides is 2. The standard InChI is InChI=1S/C17H22N2O5/c20-13-6-11(7-13)16(21)19-9-12-8-18(3-5-24-15(12)10-19)17(22)14-2-1-4-23-14/h1-2,4,11-13,15,20H,3,5-10H2/t11?,12-,13?,15+/m0/s1. The number of fused-ring (bicyclic) bond motifs is 1. The number of rotatable bonds is 2. The van der Waals surface area contributed by atoms with Crippen LogP contribution in [0.15, 0.2) is 22.8 Å². The van der Waals surface area contributed by atoms with Gasteiger partial charge in [0.1, 0.15) is 0 Å². The molecule has 130 valence electrons. The lowest BCUT2D eigenvalue weighted by Gasteiger charge is -2.33. The maximum absolute atomic E-state index is 12.5. The smallest absolute Gasteiger partial charge is 0.289 e. The molecule has 0 aromatic carbocycles. The molecule has 2 saturated heterocycles. The van der Waals surface area contributed by atoms with Gasteiger partial charge in [0.25, 0.3) is 5.91 Å². The summed E-state index contributed by atoms with van der Waals surface area (Å²) < 4.78 is 11.1. The maximum Gasteiger partial charge on any atom is 0.289 e. The van der Waals surface area contributed by atoms with Gasteiger partial charge in [0.15, 0.2) is 5.76 Å². The van der Waals surface area contributed by atoms with Gasteiger partial charge in [0.2, 0.25) is 5.91 Å². The molecule has 1 aromatic heterocycles. The minimum absolute atomic E-state index is 0.0200. The summed E-state index contributed by atoms with van der Waals surface area (Å²) in [5.74, 6) is 0.392. The van der Waals surface area contributed by atoms with E-state index in [4.69, 9.17) is 9.15 Å². The van der Waals surface area contributed by atoms with Crippen molar-refractivity contribution in [2.45, 2.75) is 25.0 Å². The average Bonchev–Trinajstić information content (AvgIpc) is 3.17. The average molecular weight is 334 g/mol. The Labute approximate surface area is 140 Å². The van der Waals surface area contributed by atoms with Crippen molar-refractivity contribution in [3.63, 3.8) is 0 Å². The molecular weight excluding hydrogens is 312 g/mol. The van der Waals surface area contributed by atoms with Crippen molar-refractivity contribution in [3.8, 4) is 0 Å². The number of furan rings is 1. The van der Waals surface area contributed by atoms with Gasteiger partial charge in [-0.25, -0.2) is 0 Å². The third kappa shape index (κ3) is 2.82.